The summed E-state index contributed by atoms with van der Waals surface area (Å²) in [5, 5.41) is 7.25. The maximum Gasteiger partial charge on any atom is 0.259 e. The van der Waals surface area contributed by atoms with Crippen molar-refractivity contribution in [1.82, 2.24) is 19.8 Å². The second-order valence-electron chi connectivity index (χ2n) is 6.02. The molecule has 2 atom stereocenters. The van der Waals surface area contributed by atoms with E-state index in [1.165, 1.54) is 10.9 Å². The van der Waals surface area contributed by atoms with Gasteiger partial charge in [-0.2, -0.15) is 5.10 Å². The summed E-state index contributed by atoms with van der Waals surface area (Å²) in [7, 11) is -0.603. The SMILES string of the molecule is COc1ccc(C2CCNCC2NS(=O)(=O)c2c(Cl)cnn2C)cc1. The van der Waals surface area contributed by atoms with Crippen LogP contribution in [-0.4, -0.2) is 44.4 Å². The van der Waals surface area contributed by atoms with Gasteiger partial charge in [-0.15, -0.1) is 0 Å². The van der Waals surface area contributed by atoms with E-state index in [1.54, 1.807) is 14.2 Å². The van der Waals surface area contributed by atoms with Crippen molar-refractivity contribution in [2.24, 2.45) is 7.05 Å². The molecule has 136 valence electrons. The zero-order chi connectivity index (χ0) is 18.0. The van der Waals surface area contributed by atoms with Crippen LogP contribution in [-0.2, 0) is 17.1 Å². The van der Waals surface area contributed by atoms with Gasteiger partial charge in [0.2, 0.25) is 0 Å². The monoisotopic (exact) mass is 384 g/mol. The minimum absolute atomic E-state index is 0.0202. The zero-order valence-corrected chi connectivity index (χ0v) is 15.6. The number of hydrogen-bond acceptors (Lipinski definition) is 5. The van der Waals surface area contributed by atoms with Gasteiger partial charge in [0.05, 0.1) is 18.3 Å². The number of rotatable bonds is 5. The van der Waals surface area contributed by atoms with Gasteiger partial charge in [0, 0.05) is 25.6 Å². The molecule has 2 N–H and O–H groups in total. The fourth-order valence-electron chi connectivity index (χ4n) is 3.19. The molecule has 1 saturated heterocycles. The highest BCUT2D eigenvalue weighted by molar-refractivity contribution is 7.89. The molecule has 25 heavy (non-hydrogen) atoms. The molecule has 1 fully saturated rings. The average molecular weight is 385 g/mol. The molecule has 3 rings (SSSR count). The number of methoxy groups -OCH3 is 1. The maximum absolute atomic E-state index is 12.8. The largest absolute Gasteiger partial charge is 0.497 e. The molecule has 2 heterocycles. The summed E-state index contributed by atoms with van der Waals surface area (Å²) in [5.74, 6) is 0.838. The molecule has 1 aromatic carbocycles. The van der Waals surface area contributed by atoms with Gasteiger partial charge in [0.15, 0.2) is 5.03 Å². The standard InChI is InChI=1S/C16H21ClN4O3S/c1-21-16(14(17)9-19-21)25(22,23)20-15-10-18-8-7-13(15)11-3-5-12(24-2)6-4-11/h3-6,9,13,15,18,20H,7-8,10H2,1-2H3. The van der Waals surface area contributed by atoms with Crippen molar-refractivity contribution in [3.63, 3.8) is 0 Å². The van der Waals surface area contributed by atoms with Crippen molar-refractivity contribution in [2.45, 2.75) is 23.4 Å². The van der Waals surface area contributed by atoms with Crippen LogP contribution in [0.25, 0.3) is 0 Å². The molecule has 1 aliphatic rings. The highest BCUT2D eigenvalue weighted by Gasteiger charge is 2.32. The Kier molecular flexibility index (Phi) is 5.33. The number of piperidine rings is 1. The van der Waals surface area contributed by atoms with Crippen molar-refractivity contribution in [3.05, 3.63) is 41.0 Å². The Labute approximate surface area is 152 Å². The molecular weight excluding hydrogens is 364 g/mol. The van der Waals surface area contributed by atoms with Crippen molar-refractivity contribution < 1.29 is 13.2 Å². The van der Waals surface area contributed by atoms with Crippen LogP contribution in [0, 0.1) is 0 Å². The van der Waals surface area contributed by atoms with Gasteiger partial charge in [-0.3, -0.25) is 4.68 Å². The number of sulfonamides is 1. The molecule has 0 spiro atoms. The highest BCUT2D eigenvalue weighted by atomic mass is 35.5. The summed E-state index contributed by atoms with van der Waals surface area (Å²) >= 11 is 6.00. The van der Waals surface area contributed by atoms with Gasteiger partial charge < -0.3 is 10.1 Å². The number of halogens is 1. The fraction of sp³-hybridized carbons (Fsp3) is 0.438. The second-order valence-corrected chi connectivity index (χ2v) is 8.06. The summed E-state index contributed by atoms with van der Waals surface area (Å²) in [6.45, 7) is 1.38. The number of ether oxygens (including phenoxy) is 1. The number of benzene rings is 1. The van der Waals surface area contributed by atoms with Crippen LogP contribution in [0.5, 0.6) is 5.75 Å². The van der Waals surface area contributed by atoms with Crippen LogP contribution < -0.4 is 14.8 Å². The molecule has 0 saturated carbocycles. The first-order chi connectivity index (χ1) is 11.9. The lowest BCUT2D eigenvalue weighted by Crippen LogP contribution is -2.50. The lowest BCUT2D eigenvalue weighted by atomic mass is 9.86. The van der Waals surface area contributed by atoms with Crippen LogP contribution in [0.3, 0.4) is 0 Å². The van der Waals surface area contributed by atoms with E-state index in [2.05, 4.69) is 15.1 Å². The van der Waals surface area contributed by atoms with Crippen LogP contribution >= 0.6 is 11.6 Å². The Hall–Kier alpha value is -1.61. The summed E-state index contributed by atoms with van der Waals surface area (Å²) in [6.07, 6.45) is 2.16. The molecule has 2 aromatic rings. The van der Waals surface area contributed by atoms with Gasteiger partial charge in [0.1, 0.15) is 5.75 Å². The predicted octanol–water partition coefficient (Wildman–Crippen LogP) is 1.51. The third-order valence-electron chi connectivity index (χ3n) is 4.43. The number of nitrogens with zero attached hydrogens (tertiary/aromatic N) is 2. The minimum atomic E-state index is -3.78. The van der Waals surface area contributed by atoms with Crippen molar-refractivity contribution in [2.75, 3.05) is 20.2 Å². The van der Waals surface area contributed by atoms with Crippen LogP contribution in [0.4, 0.5) is 0 Å². The first-order valence-electron chi connectivity index (χ1n) is 7.97. The molecule has 1 aliphatic heterocycles. The average Bonchev–Trinajstić information content (AvgIpc) is 2.94. The van der Waals surface area contributed by atoms with Crippen LogP contribution in [0.1, 0.15) is 17.9 Å². The molecule has 0 bridgehead atoms. The number of aryl methyl sites for hydroxylation is 1. The highest BCUT2D eigenvalue weighted by Crippen LogP contribution is 2.29. The molecule has 2 unspecified atom stereocenters. The van der Waals surface area contributed by atoms with E-state index >= 15 is 0 Å². The Balaban J connectivity index is 1.86. The van der Waals surface area contributed by atoms with Gasteiger partial charge >= 0.3 is 0 Å². The molecule has 7 nitrogen and oxygen atoms in total. The van der Waals surface area contributed by atoms with Gasteiger partial charge in [-0.25, -0.2) is 13.1 Å². The predicted molar refractivity (Wildman–Crippen MR) is 95.5 cm³/mol. The number of hydrogen-bond donors (Lipinski definition) is 2. The lowest BCUT2D eigenvalue weighted by molar-refractivity contribution is 0.376. The molecule has 1 aromatic heterocycles. The van der Waals surface area contributed by atoms with Gasteiger partial charge in [-0.1, -0.05) is 23.7 Å². The summed E-state index contributed by atoms with van der Waals surface area (Å²) in [4.78, 5) is 0. The lowest BCUT2D eigenvalue weighted by Gasteiger charge is -2.33. The molecule has 0 amide bonds. The Morgan fingerprint density at radius 1 is 1.36 bits per heavy atom. The quantitative estimate of drug-likeness (QED) is 0.816. The molecule has 0 radical (unpaired) electrons. The minimum Gasteiger partial charge on any atom is -0.497 e. The zero-order valence-electron chi connectivity index (χ0n) is 14.1. The summed E-state index contributed by atoms with van der Waals surface area (Å²) in [6, 6.07) is 7.46. The van der Waals surface area contributed by atoms with E-state index < -0.39 is 10.0 Å². The van der Waals surface area contributed by atoms with E-state index in [-0.39, 0.29) is 22.0 Å². The fourth-order valence-corrected chi connectivity index (χ4v) is 5.12. The van der Waals surface area contributed by atoms with Crippen molar-refractivity contribution in [1.29, 1.82) is 0 Å². The van der Waals surface area contributed by atoms with Gasteiger partial charge in [0.25, 0.3) is 10.0 Å². The van der Waals surface area contributed by atoms with Crippen molar-refractivity contribution >= 4 is 21.6 Å². The Bertz CT molecular complexity index is 816. The normalized spacial score (nSPS) is 21.2. The summed E-state index contributed by atoms with van der Waals surface area (Å²) in [5.41, 5.74) is 1.08. The van der Waals surface area contributed by atoms with E-state index in [9.17, 15) is 8.42 Å². The Morgan fingerprint density at radius 2 is 2.08 bits per heavy atom. The Morgan fingerprint density at radius 3 is 2.68 bits per heavy atom. The molecule has 0 aliphatic carbocycles. The number of nitrogens with one attached hydrogen (secondary N) is 2. The van der Waals surface area contributed by atoms with Crippen molar-refractivity contribution in [3.8, 4) is 5.75 Å². The summed E-state index contributed by atoms with van der Waals surface area (Å²) < 4.78 is 34.8. The second kappa shape index (κ2) is 7.33. The first-order valence-corrected chi connectivity index (χ1v) is 9.83. The van der Waals surface area contributed by atoms with E-state index in [1.807, 2.05) is 24.3 Å². The van der Waals surface area contributed by atoms with Gasteiger partial charge in [-0.05, 0) is 30.7 Å². The topological polar surface area (TPSA) is 85.2 Å². The van der Waals surface area contributed by atoms with Crippen LogP contribution in [0.15, 0.2) is 35.5 Å². The van der Waals surface area contributed by atoms with E-state index in [0.717, 1.165) is 24.3 Å². The molecular formula is C16H21ClN4O3S. The first kappa shape index (κ1) is 18.2. The van der Waals surface area contributed by atoms with E-state index in [4.69, 9.17) is 16.3 Å². The molecule has 9 heteroatoms. The maximum atomic E-state index is 12.8. The smallest absolute Gasteiger partial charge is 0.259 e. The van der Waals surface area contributed by atoms with E-state index in [0.29, 0.717) is 6.54 Å². The third kappa shape index (κ3) is 3.82. The van der Waals surface area contributed by atoms with Crippen LogP contribution in [0.2, 0.25) is 5.02 Å². The number of aromatic nitrogens is 2. The third-order valence-corrected chi connectivity index (χ3v) is 6.42.